The van der Waals surface area contributed by atoms with Crippen LogP contribution in [-0.4, -0.2) is 12.5 Å². The minimum atomic E-state index is -0.229. The van der Waals surface area contributed by atoms with Crippen LogP contribution in [0.25, 0.3) is 0 Å². The number of hydrogen-bond acceptors (Lipinski definition) is 3. The van der Waals surface area contributed by atoms with Crippen LogP contribution in [0.3, 0.4) is 0 Å². The standard InChI is InChI=1S/C16H17ClN2O2/c1-10-7-13(18)8-11(2)16(10)21-9-15(20)19-14-5-3-12(17)4-6-14/h3-8H,9,18H2,1-2H3,(H,19,20). The highest BCUT2D eigenvalue weighted by Gasteiger charge is 2.08. The Bertz CT molecular complexity index is 631. The second-order valence-corrected chi connectivity index (χ2v) is 5.26. The first-order chi connectivity index (χ1) is 9.95. The molecule has 2 aromatic carbocycles. The maximum absolute atomic E-state index is 11.9. The predicted octanol–water partition coefficient (Wildman–Crippen LogP) is 3.56. The Morgan fingerprint density at radius 3 is 2.33 bits per heavy atom. The number of carbonyl (C=O) groups is 1. The van der Waals surface area contributed by atoms with E-state index >= 15 is 0 Å². The molecule has 0 aliphatic rings. The van der Waals surface area contributed by atoms with Gasteiger partial charge in [0, 0.05) is 16.4 Å². The molecular formula is C16H17ClN2O2. The number of ether oxygens (including phenoxy) is 1. The Labute approximate surface area is 128 Å². The summed E-state index contributed by atoms with van der Waals surface area (Å²) in [5, 5.41) is 3.36. The van der Waals surface area contributed by atoms with Gasteiger partial charge in [0.15, 0.2) is 6.61 Å². The molecule has 0 spiro atoms. The summed E-state index contributed by atoms with van der Waals surface area (Å²) in [7, 11) is 0. The molecule has 1 amide bonds. The zero-order valence-corrected chi connectivity index (χ0v) is 12.7. The average molecular weight is 305 g/mol. The fraction of sp³-hybridized carbons (Fsp3) is 0.188. The quantitative estimate of drug-likeness (QED) is 0.849. The number of rotatable bonds is 4. The predicted molar refractivity (Wildman–Crippen MR) is 85.9 cm³/mol. The maximum atomic E-state index is 11.9. The highest BCUT2D eigenvalue weighted by molar-refractivity contribution is 6.30. The zero-order chi connectivity index (χ0) is 15.4. The molecular weight excluding hydrogens is 288 g/mol. The number of anilines is 2. The van der Waals surface area contributed by atoms with Gasteiger partial charge < -0.3 is 15.8 Å². The molecule has 3 N–H and O–H groups in total. The van der Waals surface area contributed by atoms with E-state index in [4.69, 9.17) is 22.1 Å². The average Bonchev–Trinajstić information content (AvgIpc) is 2.40. The highest BCUT2D eigenvalue weighted by Crippen LogP contribution is 2.25. The molecule has 0 bridgehead atoms. The van der Waals surface area contributed by atoms with Crippen molar-refractivity contribution in [3.63, 3.8) is 0 Å². The van der Waals surface area contributed by atoms with E-state index < -0.39 is 0 Å². The van der Waals surface area contributed by atoms with Crippen molar-refractivity contribution < 1.29 is 9.53 Å². The Morgan fingerprint density at radius 1 is 1.19 bits per heavy atom. The van der Waals surface area contributed by atoms with Gasteiger partial charge in [-0.15, -0.1) is 0 Å². The SMILES string of the molecule is Cc1cc(N)cc(C)c1OCC(=O)Nc1ccc(Cl)cc1. The molecule has 0 aromatic heterocycles. The van der Waals surface area contributed by atoms with Crippen molar-refractivity contribution in [1.82, 2.24) is 0 Å². The van der Waals surface area contributed by atoms with Gasteiger partial charge in [-0.2, -0.15) is 0 Å². The van der Waals surface area contributed by atoms with Crippen LogP contribution in [0.5, 0.6) is 5.75 Å². The smallest absolute Gasteiger partial charge is 0.262 e. The van der Waals surface area contributed by atoms with Gasteiger partial charge in [0.1, 0.15) is 5.75 Å². The van der Waals surface area contributed by atoms with Crippen molar-refractivity contribution in [2.45, 2.75) is 13.8 Å². The Hall–Kier alpha value is -2.20. The maximum Gasteiger partial charge on any atom is 0.262 e. The van der Waals surface area contributed by atoms with Crippen LogP contribution in [-0.2, 0) is 4.79 Å². The molecule has 4 nitrogen and oxygen atoms in total. The van der Waals surface area contributed by atoms with E-state index in [9.17, 15) is 4.79 Å². The van der Waals surface area contributed by atoms with E-state index in [1.165, 1.54) is 0 Å². The summed E-state index contributed by atoms with van der Waals surface area (Å²) in [6, 6.07) is 10.5. The molecule has 0 aliphatic heterocycles. The second kappa shape index (κ2) is 6.50. The van der Waals surface area contributed by atoms with E-state index in [2.05, 4.69) is 5.32 Å². The van der Waals surface area contributed by atoms with Crippen LogP contribution in [0.2, 0.25) is 5.02 Å². The first-order valence-corrected chi connectivity index (χ1v) is 6.88. The van der Waals surface area contributed by atoms with Crippen LogP contribution in [0.15, 0.2) is 36.4 Å². The molecule has 0 heterocycles. The number of nitrogens with one attached hydrogen (secondary N) is 1. The summed E-state index contributed by atoms with van der Waals surface area (Å²) >= 11 is 5.79. The van der Waals surface area contributed by atoms with Crippen LogP contribution < -0.4 is 15.8 Å². The molecule has 0 radical (unpaired) electrons. The summed E-state index contributed by atoms with van der Waals surface area (Å²) in [6.45, 7) is 3.74. The number of nitrogens with two attached hydrogens (primary N) is 1. The molecule has 2 aromatic rings. The van der Waals surface area contributed by atoms with Gasteiger partial charge in [0.25, 0.3) is 5.91 Å². The van der Waals surface area contributed by atoms with Gasteiger partial charge in [-0.05, 0) is 61.4 Å². The lowest BCUT2D eigenvalue weighted by atomic mass is 10.1. The third-order valence-corrected chi connectivity index (χ3v) is 3.21. The van der Waals surface area contributed by atoms with E-state index in [-0.39, 0.29) is 12.5 Å². The lowest BCUT2D eigenvalue weighted by Crippen LogP contribution is -2.20. The number of carbonyl (C=O) groups excluding carboxylic acids is 1. The molecule has 0 aliphatic carbocycles. The van der Waals surface area contributed by atoms with Crippen LogP contribution in [0.4, 0.5) is 11.4 Å². The number of benzene rings is 2. The van der Waals surface area contributed by atoms with Crippen molar-refractivity contribution >= 4 is 28.9 Å². The molecule has 0 fully saturated rings. The number of amides is 1. The minimum Gasteiger partial charge on any atom is -0.483 e. The van der Waals surface area contributed by atoms with Gasteiger partial charge >= 0.3 is 0 Å². The molecule has 110 valence electrons. The first kappa shape index (κ1) is 15.2. The molecule has 21 heavy (non-hydrogen) atoms. The number of halogens is 1. The van der Waals surface area contributed by atoms with Gasteiger partial charge in [-0.1, -0.05) is 11.6 Å². The second-order valence-electron chi connectivity index (χ2n) is 4.83. The van der Waals surface area contributed by atoms with Crippen molar-refractivity contribution in [3.05, 3.63) is 52.5 Å². The fourth-order valence-electron chi connectivity index (χ4n) is 2.08. The Morgan fingerprint density at radius 2 is 1.76 bits per heavy atom. The summed E-state index contributed by atoms with van der Waals surface area (Å²) in [5.41, 5.74) is 8.93. The molecule has 2 rings (SSSR count). The van der Waals surface area contributed by atoms with E-state index in [1.54, 1.807) is 24.3 Å². The third kappa shape index (κ3) is 4.13. The summed E-state index contributed by atoms with van der Waals surface area (Å²) < 4.78 is 5.59. The van der Waals surface area contributed by atoms with Gasteiger partial charge in [0.2, 0.25) is 0 Å². The van der Waals surface area contributed by atoms with E-state index in [1.807, 2.05) is 26.0 Å². The van der Waals surface area contributed by atoms with Crippen LogP contribution >= 0.6 is 11.6 Å². The lowest BCUT2D eigenvalue weighted by Gasteiger charge is -2.13. The highest BCUT2D eigenvalue weighted by atomic mass is 35.5. The largest absolute Gasteiger partial charge is 0.483 e. The monoisotopic (exact) mass is 304 g/mol. The van der Waals surface area contributed by atoms with Crippen molar-refractivity contribution in [2.24, 2.45) is 0 Å². The first-order valence-electron chi connectivity index (χ1n) is 6.50. The van der Waals surface area contributed by atoms with Gasteiger partial charge in [-0.25, -0.2) is 0 Å². The van der Waals surface area contributed by atoms with Crippen LogP contribution in [0, 0.1) is 13.8 Å². The number of hydrogen-bond donors (Lipinski definition) is 2. The van der Waals surface area contributed by atoms with E-state index in [0.29, 0.717) is 22.1 Å². The molecule has 0 saturated carbocycles. The molecule has 0 atom stereocenters. The van der Waals surface area contributed by atoms with E-state index in [0.717, 1.165) is 11.1 Å². The topological polar surface area (TPSA) is 64.3 Å². The minimum absolute atomic E-state index is 0.0613. The van der Waals surface area contributed by atoms with Crippen molar-refractivity contribution in [3.8, 4) is 5.75 Å². The van der Waals surface area contributed by atoms with Gasteiger partial charge in [-0.3, -0.25) is 4.79 Å². The third-order valence-electron chi connectivity index (χ3n) is 2.96. The lowest BCUT2D eigenvalue weighted by molar-refractivity contribution is -0.118. The number of aryl methyl sites for hydroxylation is 2. The molecule has 0 unspecified atom stereocenters. The van der Waals surface area contributed by atoms with Crippen LogP contribution in [0.1, 0.15) is 11.1 Å². The summed E-state index contributed by atoms with van der Waals surface area (Å²) in [4.78, 5) is 11.9. The molecule has 0 saturated heterocycles. The van der Waals surface area contributed by atoms with Crippen molar-refractivity contribution in [1.29, 1.82) is 0 Å². The van der Waals surface area contributed by atoms with Crippen molar-refractivity contribution in [2.75, 3.05) is 17.7 Å². The number of nitrogen functional groups attached to an aromatic ring is 1. The van der Waals surface area contributed by atoms with Gasteiger partial charge in [0.05, 0.1) is 0 Å². The Balaban J connectivity index is 1.97. The summed E-state index contributed by atoms with van der Waals surface area (Å²) in [5.74, 6) is 0.461. The zero-order valence-electron chi connectivity index (χ0n) is 11.9. The summed E-state index contributed by atoms with van der Waals surface area (Å²) in [6.07, 6.45) is 0. The normalized spacial score (nSPS) is 10.2. The molecule has 5 heteroatoms. The Kier molecular flexibility index (Phi) is 4.70. The fourth-order valence-corrected chi connectivity index (χ4v) is 2.21.